The van der Waals surface area contributed by atoms with Crippen LogP contribution in [0.2, 0.25) is 0 Å². The quantitative estimate of drug-likeness (QED) is 0.668. The molecule has 1 N–H and O–H groups in total. The van der Waals surface area contributed by atoms with E-state index in [2.05, 4.69) is 5.32 Å². The normalized spacial score (nSPS) is 11.6. The molecule has 23 heavy (non-hydrogen) atoms. The van der Waals surface area contributed by atoms with Crippen LogP contribution >= 0.6 is 11.8 Å². The Bertz CT molecular complexity index is 698. The third-order valence-corrected chi connectivity index (χ3v) is 4.01. The van der Waals surface area contributed by atoms with E-state index in [0.29, 0.717) is 11.3 Å². The highest BCUT2D eigenvalue weighted by molar-refractivity contribution is 7.98. The van der Waals surface area contributed by atoms with Crippen molar-refractivity contribution < 1.29 is 14.3 Å². The zero-order chi connectivity index (χ0) is 16.8. The monoisotopic (exact) mass is 329 g/mol. The second kappa shape index (κ2) is 7.83. The number of hydrogen-bond acceptors (Lipinski definition) is 4. The lowest BCUT2D eigenvalue weighted by atomic mass is 10.2. The van der Waals surface area contributed by atoms with Crippen molar-refractivity contribution in [1.29, 1.82) is 0 Å². The summed E-state index contributed by atoms with van der Waals surface area (Å²) in [4.78, 5) is 25.2. The van der Waals surface area contributed by atoms with Crippen LogP contribution in [0.1, 0.15) is 22.8 Å². The molecule has 2 rings (SSSR count). The van der Waals surface area contributed by atoms with Crippen LogP contribution in [0.15, 0.2) is 53.4 Å². The van der Waals surface area contributed by atoms with Crippen molar-refractivity contribution in [2.45, 2.75) is 24.8 Å². The van der Waals surface area contributed by atoms with Crippen molar-refractivity contribution in [2.24, 2.45) is 0 Å². The largest absolute Gasteiger partial charge is 0.449 e. The summed E-state index contributed by atoms with van der Waals surface area (Å²) in [6.45, 7) is 3.50. The molecule has 0 aromatic heterocycles. The fourth-order valence-electron chi connectivity index (χ4n) is 1.98. The Labute approximate surface area is 140 Å². The van der Waals surface area contributed by atoms with Crippen molar-refractivity contribution in [3.8, 4) is 0 Å². The van der Waals surface area contributed by atoms with Gasteiger partial charge in [-0.05, 0) is 62.1 Å². The molecule has 2 aromatic carbocycles. The highest BCUT2D eigenvalue weighted by Gasteiger charge is 2.19. The minimum atomic E-state index is -0.872. The van der Waals surface area contributed by atoms with Crippen LogP contribution in [0.4, 0.5) is 5.69 Å². The van der Waals surface area contributed by atoms with Gasteiger partial charge < -0.3 is 10.1 Å². The van der Waals surface area contributed by atoms with Gasteiger partial charge in [0, 0.05) is 10.6 Å². The average Bonchev–Trinajstić information content (AvgIpc) is 2.54. The average molecular weight is 329 g/mol. The van der Waals surface area contributed by atoms with Gasteiger partial charge in [-0.3, -0.25) is 4.79 Å². The molecule has 0 aliphatic rings. The molecule has 1 atom stereocenters. The number of hydrogen-bond donors (Lipinski definition) is 1. The van der Waals surface area contributed by atoms with Crippen LogP contribution in [-0.4, -0.2) is 24.2 Å². The maximum Gasteiger partial charge on any atom is 0.338 e. The summed E-state index contributed by atoms with van der Waals surface area (Å²) in [6, 6.07) is 14.5. The van der Waals surface area contributed by atoms with Crippen molar-refractivity contribution >= 4 is 29.3 Å². The molecule has 0 radical (unpaired) electrons. The van der Waals surface area contributed by atoms with E-state index in [-0.39, 0.29) is 5.91 Å². The van der Waals surface area contributed by atoms with Crippen molar-refractivity contribution in [1.82, 2.24) is 0 Å². The predicted molar refractivity (Wildman–Crippen MR) is 92.9 cm³/mol. The molecule has 0 saturated heterocycles. The Balaban J connectivity index is 1.95. The smallest absolute Gasteiger partial charge is 0.338 e. The molecule has 4 nitrogen and oxygen atoms in total. The molecule has 120 valence electrons. The van der Waals surface area contributed by atoms with E-state index >= 15 is 0 Å². The number of rotatable bonds is 5. The molecule has 2 aromatic rings. The van der Waals surface area contributed by atoms with Crippen LogP contribution in [0.25, 0.3) is 0 Å². The van der Waals surface area contributed by atoms with Crippen LogP contribution in [0.5, 0.6) is 0 Å². The summed E-state index contributed by atoms with van der Waals surface area (Å²) in [6.07, 6.45) is 1.09. The molecule has 0 fully saturated rings. The van der Waals surface area contributed by atoms with Crippen LogP contribution in [0.3, 0.4) is 0 Å². The number of carbonyl (C=O) groups excluding carboxylic acids is 2. The third-order valence-electron chi connectivity index (χ3n) is 3.26. The summed E-state index contributed by atoms with van der Waals surface area (Å²) in [7, 11) is 0. The van der Waals surface area contributed by atoms with E-state index in [0.717, 1.165) is 10.5 Å². The van der Waals surface area contributed by atoms with E-state index < -0.39 is 12.1 Å². The molecule has 0 unspecified atom stereocenters. The number of amides is 1. The van der Waals surface area contributed by atoms with Crippen molar-refractivity contribution in [3.05, 3.63) is 59.7 Å². The number of thioether (sulfide) groups is 1. The van der Waals surface area contributed by atoms with Gasteiger partial charge in [-0.15, -0.1) is 11.8 Å². The fraction of sp³-hybridized carbons (Fsp3) is 0.222. The summed E-state index contributed by atoms with van der Waals surface area (Å²) in [5.41, 5.74) is 2.15. The number of anilines is 1. The van der Waals surface area contributed by atoms with Gasteiger partial charge in [0.15, 0.2) is 6.10 Å². The number of esters is 1. The van der Waals surface area contributed by atoms with Gasteiger partial charge in [-0.1, -0.05) is 12.1 Å². The van der Waals surface area contributed by atoms with E-state index in [1.165, 1.54) is 0 Å². The second-order valence-corrected chi connectivity index (χ2v) is 6.01. The summed E-state index contributed by atoms with van der Waals surface area (Å²) in [5.74, 6) is -0.866. The van der Waals surface area contributed by atoms with Gasteiger partial charge in [0.25, 0.3) is 5.91 Å². The van der Waals surface area contributed by atoms with Crippen molar-refractivity contribution in [2.75, 3.05) is 11.6 Å². The van der Waals surface area contributed by atoms with Gasteiger partial charge in [0.2, 0.25) is 0 Å². The minimum Gasteiger partial charge on any atom is -0.449 e. The van der Waals surface area contributed by atoms with Gasteiger partial charge in [-0.25, -0.2) is 4.79 Å². The molecule has 0 heterocycles. The molecule has 0 spiro atoms. The Morgan fingerprint density at radius 3 is 2.43 bits per heavy atom. The zero-order valence-electron chi connectivity index (χ0n) is 13.3. The third kappa shape index (κ3) is 4.86. The van der Waals surface area contributed by atoms with Crippen LogP contribution in [0, 0.1) is 6.92 Å². The summed E-state index contributed by atoms with van der Waals surface area (Å²) < 4.78 is 5.22. The second-order valence-electron chi connectivity index (χ2n) is 5.13. The number of carbonyl (C=O) groups is 2. The van der Waals surface area contributed by atoms with E-state index in [1.807, 2.05) is 43.5 Å². The van der Waals surface area contributed by atoms with E-state index in [9.17, 15) is 9.59 Å². The molecule has 0 aliphatic heterocycles. The molecule has 0 aliphatic carbocycles. The van der Waals surface area contributed by atoms with E-state index in [1.54, 1.807) is 36.9 Å². The van der Waals surface area contributed by atoms with Crippen molar-refractivity contribution in [3.63, 3.8) is 0 Å². The van der Waals surface area contributed by atoms with Gasteiger partial charge in [0.05, 0.1) is 5.56 Å². The first kappa shape index (κ1) is 17.1. The van der Waals surface area contributed by atoms with Crippen LogP contribution in [-0.2, 0) is 9.53 Å². The zero-order valence-corrected chi connectivity index (χ0v) is 14.1. The van der Waals surface area contributed by atoms with Gasteiger partial charge in [0.1, 0.15) is 0 Å². The van der Waals surface area contributed by atoms with E-state index in [4.69, 9.17) is 4.74 Å². The molecular formula is C18H19NO3S. The molecular weight excluding hydrogens is 310 g/mol. The highest BCUT2D eigenvalue weighted by atomic mass is 32.2. The minimum absolute atomic E-state index is 0.357. The summed E-state index contributed by atoms with van der Waals surface area (Å²) in [5, 5.41) is 2.74. The van der Waals surface area contributed by atoms with Crippen LogP contribution < -0.4 is 5.32 Å². The van der Waals surface area contributed by atoms with Gasteiger partial charge >= 0.3 is 5.97 Å². The first-order valence-corrected chi connectivity index (χ1v) is 8.44. The number of nitrogens with one attached hydrogen (secondary N) is 1. The first-order chi connectivity index (χ1) is 11.0. The lowest BCUT2D eigenvalue weighted by Gasteiger charge is -2.14. The van der Waals surface area contributed by atoms with Gasteiger partial charge in [-0.2, -0.15) is 0 Å². The lowest BCUT2D eigenvalue weighted by Crippen LogP contribution is -2.30. The molecule has 0 bridgehead atoms. The molecule has 0 saturated carbocycles. The standard InChI is InChI=1S/C18H19NO3S/c1-12-5-4-6-15(11-12)19-17(20)13(2)22-18(21)14-7-9-16(23-3)10-8-14/h4-11,13H,1-3H3,(H,19,20)/t13-/m1/s1. The molecule has 1 amide bonds. The number of ether oxygens (including phenoxy) is 1. The highest BCUT2D eigenvalue weighted by Crippen LogP contribution is 2.16. The Morgan fingerprint density at radius 2 is 1.83 bits per heavy atom. The lowest BCUT2D eigenvalue weighted by molar-refractivity contribution is -0.123. The summed E-state index contributed by atoms with van der Waals surface area (Å²) >= 11 is 1.59. The number of benzene rings is 2. The maximum absolute atomic E-state index is 12.1. The Morgan fingerprint density at radius 1 is 1.13 bits per heavy atom. The Hall–Kier alpha value is -2.27. The SMILES string of the molecule is CSc1ccc(C(=O)O[C@H](C)C(=O)Nc2cccc(C)c2)cc1. The Kier molecular flexibility index (Phi) is 5.82. The number of aryl methyl sites for hydroxylation is 1. The fourth-order valence-corrected chi connectivity index (χ4v) is 2.38. The first-order valence-electron chi connectivity index (χ1n) is 7.22. The molecule has 5 heteroatoms. The maximum atomic E-state index is 12.1. The predicted octanol–water partition coefficient (Wildman–Crippen LogP) is 3.90. The topological polar surface area (TPSA) is 55.4 Å².